The van der Waals surface area contributed by atoms with Crippen molar-refractivity contribution in [1.29, 1.82) is 0 Å². The van der Waals surface area contributed by atoms with Gasteiger partial charge in [-0.15, -0.1) is 11.3 Å². The molecule has 4 nitrogen and oxygen atoms in total. The van der Waals surface area contributed by atoms with Gasteiger partial charge in [-0.25, -0.2) is 15.0 Å². The van der Waals surface area contributed by atoms with Gasteiger partial charge in [0, 0.05) is 18.3 Å². The molecule has 2 heterocycles. The first-order chi connectivity index (χ1) is 9.17. The number of anilines is 1. The number of thiazole rings is 1. The van der Waals surface area contributed by atoms with Gasteiger partial charge in [0.2, 0.25) is 0 Å². The number of aromatic nitrogens is 3. The second kappa shape index (κ2) is 5.32. The Labute approximate surface area is 130 Å². The average molecular weight is 386 g/mol. The zero-order valence-corrected chi connectivity index (χ0v) is 13.9. The van der Waals surface area contributed by atoms with Crippen LogP contribution in [0.2, 0.25) is 0 Å². The molecule has 6 heteroatoms. The minimum atomic E-state index is 0.637. The number of hydrogen-bond acceptors (Lipinski definition) is 5. The molecule has 2 aromatic rings. The van der Waals surface area contributed by atoms with Crippen LogP contribution in [-0.2, 0) is 6.42 Å². The van der Waals surface area contributed by atoms with Crippen molar-refractivity contribution >= 4 is 39.7 Å². The van der Waals surface area contributed by atoms with Crippen molar-refractivity contribution in [2.45, 2.75) is 32.1 Å². The van der Waals surface area contributed by atoms with Gasteiger partial charge in [-0.1, -0.05) is 0 Å². The van der Waals surface area contributed by atoms with E-state index in [9.17, 15) is 0 Å². The van der Waals surface area contributed by atoms with E-state index in [0.29, 0.717) is 5.92 Å². The summed E-state index contributed by atoms with van der Waals surface area (Å²) in [5.74, 6) is 2.45. The molecule has 1 aliphatic rings. The highest BCUT2D eigenvalue weighted by molar-refractivity contribution is 14.1. The van der Waals surface area contributed by atoms with Crippen molar-refractivity contribution in [2.75, 3.05) is 12.4 Å². The first-order valence-corrected chi connectivity index (χ1v) is 8.28. The number of aryl methyl sites for hydroxylation is 1. The molecule has 1 aliphatic carbocycles. The topological polar surface area (TPSA) is 50.7 Å². The molecular formula is C13H15IN4S. The third-order valence-electron chi connectivity index (χ3n) is 3.13. The van der Waals surface area contributed by atoms with Crippen molar-refractivity contribution in [3.63, 3.8) is 0 Å². The van der Waals surface area contributed by atoms with Crippen molar-refractivity contribution in [2.24, 2.45) is 0 Å². The molecule has 1 N–H and O–H groups in total. The van der Waals surface area contributed by atoms with E-state index < -0.39 is 0 Å². The third kappa shape index (κ3) is 2.89. The lowest BCUT2D eigenvalue weighted by Crippen LogP contribution is -2.07. The van der Waals surface area contributed by atoms with Crippen LogP contribution in [0.3, 0.4) is 0 Å². The van der Waals surface area contributed by atoms with Crippen LogP contribution in [0.4, 0.5) is 5.82 Å². The van der Waals surface area contributed by atoms with Crippen LogP contribution >= 0.6 is 33.9 Å². The molecule has 1 fully saturated rings. The molecular weight excluding hydrogens is 371 g/mol. The second-order valence-electron chi connectivity index (χ2n) is 4.75. The standard InChI is InChI=1S/C13H15IN4S/c1-7-16-9(6-19-7)5-10-17-12(8-3-4-8)11(14)13(15-2)18-10/h6,8H,3-5H2,1-2H3,(H,15,17,18). The van der Waals surface area contributed by atoms with Crippen LogP contribution in [0.5, 0.6) is 0 Å². The molecule has 19 heavy (non-hydrogen) atoms. The van der Waals surface area contributed by atoms with Crippen molar-refractivity contribution in [1.82, 2.24) is 15.0 Å². The molecule has 0 bridgehead atoms. The zero-order chi connectivity index (χ0) is 13.4. The normalized spacial score (nSPS) is 14.7. The Balaban J connectivity index is 1.94. The maximum Gasteiger partial charge on any atom is 0.143 e. The number of nitrogens with one attached hydrogen (secondary N) is 1. The predicted octanol–water partition coefficient (Wildman–Crippen LogP) is 3.36. The van der Waals surface area contributed by atoms with Crippen molar-refractivity contribution < 1.29 is 0 Å². The van der Waals surface area contributed by atoms with E-state index in [1.807, 2.05) is 14.0 Å². The maximum atomic E-state index is 4.75. The fourth-order valence-electron chi connectivity index (χ4n) is 2.04. The molecule has 0 unspecified atom stereocenters. The van der Waals surface area contributed by atoms with E-state index in [2.05, 4.69) is 43.3 Å². The summed E-state index contributed by atoms with van der Waals surface area (Å²) in [6.45, 7) is 2.03. The largest absolute Gasteiger partial charge is 0.372 e. The third-order valence-corrected chi connectivity index (χ3v) is 5.02. The summed E-state index contributed by atoms with van der Waals surface area (Å²) in [6.07, 6.45) is 3.23. The minimum absolute atomic E-state index is 0.637. The van der Waals surface area contributed by atoms with Crippen molar-refractivity contribution in [3.05, 3.63) is 31.2 Å². The van der Waals surface area contributed by atoms with E-state index in [-0.39, 0.29) is 0 Å². The summed E-state index contributed by atoms with van der Waals surface area (Å²) in [6, 6.07) is 0. The van der Waals surface area contributed by atoms with Gasteiger partial charge in [0.25, 0.3) is 0 Å². The molecule has 100 valence electrons. The van der Waals surface area contributed by atoms with Crippen LogP contribution in [0.1, 0.15) is 41.0 Å². The lowest BCUT2D eigenvalue weighted by atomic mass is 10.2. The fraction of sp³-hybridized carbons (Fsp3) is 0.462. The summed E-state index contributed by atoms with van der Waals surface area (Å²) in [5, 5.41) is 6.36. The molecule has 0 spiro atoms. The highest BCUT2D eigenvalue weighted by Gasteiger charge is 2.29. The lowest BCUT2D eigenvalue weighted by Gasteiger charge is -2.10. The van der Waals surface area contributed by atoms with Gasteiger partial charge in [0.05, 0.1) is 26.4 Å². The van der Waals surface area contributed by atoms with Gasteiger partial charge in [-0.05, 0) is 42.4 Å². The number of halogens is 1. The first-order valence-electron chi connectivity index (χ1n) is 6.32. The Morgan fingerprint density at radius 2 is 2.16 bits per heavy atom. The Hall–Kier alpha value is -0.760. The van der Waals surface area contributed by atoms with E-state index in [1.165, 1.54) is 22.1 Å². The van der Waals surface area contributed by atoms with Crippen LogP contribution in [0.25, 0.3) is 0 Å². The monoisotopic (exact) mass is 386 g/mol. The highest BCUT2D eigenvalue weighted by atomic mass is 127. The van der Waals surface area contributed by atoms with Gasteiger partial charge in [0.15, 0.2) is 0 Å². The summed E-state index contributed by atoms with van der Waals surface area (Å²) in [4.78, 5) is 13.8. The van der Waals surface area contributed by atoms with Crippen LogP contribution in [0, 0.1) is 10.5 Å². The molecule has 3 rings (SSSR count). The Morgan fingerprint density at radius 3 is 2.74 bits per heavy atom. The van der Waals surface area contributed by atoms with Gasteiger partial charge < -0.3 is 5.32 Å². The summed E-state index contributed by atoms with van der Waals surface area (Å²) in [5.41, 5.74) is 2.27. The van der Waals surface area contributed by atoms with E-state index >= 15 is 0 Å². The summed E-state index contributed by atoms with van der Waals surface area (Å²) >= 11 is 4.02. The summed E-state index contributed by atoms with van der Waals surface area (Å²) in [7, 11) is 1.91. The number of nitrogens with zero attached hydrogens (tertiary/aromatic N) is 3. The molecule has 0 radical (unpaired) electrons. The lowest BCUT2D eigenvalue weighted by molar-refractivity contribution is 0.879. The molecule has 0 saturated heterocycles. The molecule has 0 aliphatic heterocycles. The average Bonchev–Trinajstić information content (AvgIpc) is 3.15. The Bertz CT molecular complexity index is 607. The SMILES string of the molecule is CNc1nc(Cc2csc(C)n2)nc(C2CC2)c1I. The van der Waals surface area contributed by atoms with E-state index in [1.54, 1.807) is 11.3 Å². The molecule has 0 amide bonds. The molecule has 0 aromatic carbocycles. The summed E-state index contributed by atoms with van der Waals surface area (Å²) < 4.78 is 1.17. The van der Waals surface area contributed by atoms with Crippen LogP contribution < -0.4 is 5.32 Å². The zero-order valence-electron chi connectivity index (χ0n) is 10.9. The molecule has 2 aromatic heterocycles. The Morgan fingerprint density at radius 1 is 1.37 bits per heavy atom. The van der Waals surface area contributed by atoms with E-state index in [0.717, 1.165) is 28.8 Å². The van der Waals surface area contributed by atoms with Gasteiger partial charge in [-0.2, -0.15) is 0 Å². The quantitative estimate of drug-likeness (QED) is 0.819. The van der Waals surface area contributed by atoms with Gasteiger partial charge in [0.1, 0.15) is 11.6 Å². The maximum absolute atomic E-state index is 4.75. The minimum Gasteiger partial charge on any atom is -0.372 e. The first kappa shape index (κ1) is 13.2. The van der Waals surface area contributed by atoms with Crippen LogP contribution in [0.15, 0.2) is 5.38 Å². The highest BCUT2D eigenvalue weighted by Crippen LogP contribution is 2.42. The predicted molar refractivity (Wildman–Crippen MR) is 85.9 cm³/mol. The molecule has 0 atom stereocenters. The smallest absolute Gasteiger partial charge is 0.143 e. The number of rotatable bonds is 4. The van der Waals surface area contributed by atoms with Gasteiger partial charge >= 0.3 is 0 Å². The van der Waals surface area contributed by atoms with Gasteiger partial charge in [-0.3, -0.25) is 0 Å². The molecule has 1 saturated carbocycles. The second-order valence-corrected chi connectivity index (χ2v) is 6.89. The fourth-order valence-corrected chi connectivity index (χ4v) is 3.60. The number of hydrogen-bond donors (Lipinski definition) is 1. The van der Waals surface area contributed by atoms with E-state index in [4.69, 9.17) is 4.98 Å². The van der Waals surface area contributed by atoms with Crippen molar-refractivity contribution in [3.8, 4) is 0 Å². The Kier molecular flexibility index (Phi) is 3.70. The van der Waals surface area contributed by atoms with Crippen LogP contribution in [-0.4, -0.2) is 22.0 Å².